The number of hydrogen-bond acceptors (Lipinski definition) is 7. The van der Waals surface area contributed by atoms with Crippen molar-refractivity contribution in [3.63, 3.8) is 0 Å². The molecular formula is C11H13N5NaO4P. The molecule has 0 saturated heterocycles. The SMILES string of the molecule is Nc1ncnc2c1ncn2[C@@H]1CC(CP(=O)([O-])O)=C[C@H]1O.[Na+]. The largest absolute Gasteiger partial charge is 1.00 e. The van der Waals surface area contributed by atoms with Crippen molar-refractivity contribution in [1.82, 2.24) is 19.5 Å². The van der Waals surface area contributed by atoms with Gasteiger partial charge >= 0.3 is 29.6 Å². The Kier molecular flexibility index (Phi) is 5.08. The molecule has 1 aliphatic rings. The fourth-order valence-corrected chi connectivity index (χ4v) is 3.31. The second-order valence-corrected chi connectivity index (χ2v) is 6.56. The summed E-state index contributed by atoms with van der Waals surface area (Å²) < 4.78 is 12.6. The number of allylic oxidation sites excluding steroid dienone is 1. The summed E-state index contributed by atoms with van der Waals surface area (Å²) in [7, 11) is -4.40. The van der Waals surface area contributed by atoms with E-state index in [2.05, 4.69) is 15.0 Å². The quantitative estimate of drug-likeness (QED) is 0.294. The topological polar surface area (TPSA) is 150 Å². The number of fused-ring (bicyclic) bond motifs is 1. The zero-order valence-corrected chi connectivity index (χ0v) is 14.7. The normalized spacial score (nSPS) is 23.9. The molecule has 11 heteroatoms. The van der Waals surface area contributed by atoms with Crippen LogP contribution in [0.25, 0.3) is 11.2 Å². The Morgan fingerprint density at radius 3 is 2.86 bits per heavy atom. The second-order valence-electron chi connectivity index (χ2n) is 4.97. The first kappa shape index (κ1) is 17.6. The average Bonchev–Trinajstić information content (AvgIpc) is 2.92. The molecule has 0 radical (unpaired) electrons. The van der Waals surface area contributed by atoms with Gasteiger partial charge in [0, 0.05) is 6.16 Å². The number of nitrogens with zero attached hydrogens (tertiary/aromatic N) is 4. The minimum atomic E-state index is -4.40. The van der Waals surface area contributed by atoms with Crippen LogP contribution in [0.3, 0.4) is 0 Å². The van der Waals surface area contributed by atoms with Crippen LogP contribution in [0.15, 0.2) is 24.3 Å². The number of nitrogen functional groups attached to an aromatic ring is 1. The molecule has 3 rings (SSSR count). The summed E-state index contributed by atoms with van der Waals surface area (Å²) in [6, 6.07) is -0.439. The Morgan fingerprint density at radius 2 is 2.18 bits per heavy atom. The molecule has 1 aliphatic carbocycles. The summed E-state index contributed by atoms with van der Waals surface area (Å²) in [4.78, 5) is 31.9. The maximum absolute atomic E-state index is 10.9. The maximum Gasteiger partial charge on any atom is 1.00 e. The summed E-state index contributed by atoms with van der Waals surface area (Å²) in [5.74, 6) is 0.235. The van der Waals surface area contributed by atoms with Gasteiger partial charge in [-0.15, -0.1) is 0 Å². The van der Waals surface area contributed by atoms with Gasteiger partial charge in [0.05, 0.1) is 18.5 Å². The van der Waals surface area contributed by atoms with Crippen LogP contribution in [0.4, 0.5) is 5.82 Å². The van der Waals surface area contributed by atoms with Crippen LogP contribution >= 0.6 is 7.60 Å². The van der Waals surface area contributed by atoms with Crippen LogP contribution in [0.1, 0.15) is 12.5 Å². The van der Waals surface area contributed by atoms with E-state index < -0.39 is 25.9 Å². The van der Waals surface area contributed by atoms with Gasteiger partial charge in [0.1, 0.15) is 19.4 Å². The molecular weight excluding hydrogens is 320 g/mol. The molecule has 22 heavy (non-hydrogen) atoms. The number of hydrogen-bond donors (Lipinski definition) is 3. The van der Waals surface area contributed by atoms with Gasteiger partial charge in [-0.3, -0.25) is 0 Å². The number of imidazole rings is 1. The summed E-state index contributed by atoms with van der Waals surface area (Å²) in [5.41, 5.74) is 7.05. The zero-order chi connectivity index (χ0) is 15.2. The first-order chi connectivity index (χ1) is 9.85. The van der Waals surface area contributed by atoms with Gasteiger partial charge in [0.2, 0.25) is 0 Å². The van der Waals surface area contributed by atoms with Crippen molar-refractivity contribution >= 4 is 24.6 Å². The molecule has 112 valence electrons. The molecule has 0 spiro atoms. The van der Waals surface area contributed by atoms with Crippen LogP contribution < -0.4 is 40.2 Å². The van der Waals surface area contributed by atoms with Gasteiger partial charge in [-0.25, -0.2) is 15.0 Å². The van der Waals surface area contributed by atoms with E-state index in [1.807, 2.05) is 0 Å². The molecule has 0 aromatic carbocycles. The molecule has 2 aromatic rings. The number of rotatable bonds is 3. The third-order valence-electron chi connectivity index (χ3n) is 3.42. The van der Waals surface area contributed by atoms with E-state index in [1.165, 1.54) is 18.7 Å². The Balaban J connectivity index is 0.00000176. The third kappa shape index (κ3) is 3.41. The number of nitrogens with two attached hydrogens (primary N) is 1. The van der Waals surface area contributed by atoms with Crippen molar-refractivity contribution in [1.29, 1.82) is 0 Å². The molecule has 0 bridgehead atoms. The first-order valence-electron chi connectivity index (χ1n) is 6.18. The van der Waals surface area contributed by atoms with Crippen molar-refractivity contribution in [2.75, 3.05) is 11.9 Å². The maximum atomic E-state index is 10.9. The first-order valence-corrected chi connectivity index (χ1v) is 7.95. The monoisotopic (exact) mass is 333 g/mol. The van der Waals surface area contributed by atoms with Crippen LogP contribution in [0, 0.1) is 0 Å². The third-order valence-corrected chi connectivity index (χ3v) is 4.23. The molecule has 9 nitrogen and oxygen atoms in total. The molecule has 0 amide bonds. The number of aromatic nitrogens is 4. The Bertz CT molecular complexity index is 773. The van der Waals surface area contributed by atoms with Crippen molar-refractivity contribution < 1.29 is 49.0 Å². The van der Waals surface area contributed by atoms with E-state index in [0.717, 1.165) is 0 Å². The Hall–Kier alpha value is -0.800. The minimum Gasteiger partial charge on any atom is -0.778 e. The van der Waals surface area contributed by atoms with Crippen molar-refractivity contribution in [2.24, 2.45) is 0 Å². The number of anilines is 1. The van der Waals surface area contributed by atoms with E-state index in [9.17, 15) is 14.6 Å². The van der Waals surface area contributed by atoms with Crippen LogP contribution in [0.5, 0.6) is 0 Å². The van der Waals surface area contributed by atoms with Gasteiger partial charge in [0.15, 0.2) is 11.5 Å². The van der Waals surface area contributed by atoms with Crippen molar-refractivity contribution in [3.8, 4) is 0 Å². The van der Waals surface area contributed by atoms with E-state index in [0.29, 0.717) is 16.7 Å². The zero-order valence-electron chi connectivity index (χ0n) is 11.8. The number of aliphatic hydroxyl groups excluding tert-OH is 1. The smallest absolute Gasteiger partial charge is 0.778 e. The molecule has 0 fully saturated rings. The standard InChI is InChI=1S/C11H14N5O4P.Na/c12-10-9-11(14-4-13-10)16(5-15-9)7-1-6(2-8(7)17)3-21(18,19)20;/h2,4-5,7-8,17H,1,3H2,(H2,12,13,14)(H2,18,19,20);/q;+1/p-1/t7-,8-;/m1./s1. The average molecular weight is 333 g/mol. The molecule has 1 unspecified atom stereocenters. The van der Waals surface area contributed by atoms with Crippen molar-refractivity contribution in [2.45, 2.75) is 18.6 Å². The number of aliphatic hydroxyl groups is 1. The summed E-state index contributed by atoms with van der Waals surface area (Å²) in [6.45, 7) is 0. The van der Waals surface area contributed by atoms with E-state index in [4.69, 9.17) is 10.6 Å². The van der Waals surface area contributed by atoms with Crippen LogP contribution in [-0.4, -0.2) is 41.8 Å². The molecule has 2 heterocycles. The van der Waals surface area contributed by atoms with E-state index >= 15 is 0 Å². The van der Waals surface area contributed by atoms with Crippen molar-refractivity contribution in [3.05, 3.63) is 24.3 Å². The summed E-state index contributed by atoms with van der Waals surface area (Å²) in [5, 5.41) is 10.1. The molecule has 3 atom stereocenters. The molecule has 4 N–H and O–H groups in total. The van der Waals surface area contributed by atoms with Gasteiger partial charge in [-0.05, 0) is 6.42 Å². The Morgan fingerprint density at radius 1 is 1.45 bits per heavy atom. The molecule has 0 saturated carbocycles. The second kappa shape index (κ2) is 6.37. The van der Waals surface area contributed by atoms with E-state index in [-0.39, 0.29) is 41.8 Å². The van der Waals surface area contributed by atoms with E-state index in [1.54, 1.807) is 4.57 Å². The van der Waals surface area contributed by atoms with Gasteiger partial charge in [-0.2, -0.15) is 0 Å². The predicted molar refractivity (Wildman–Crippen MR) is 72.2 cm³/mol. The Labute approximate surface area is 147 Å². The molecule has 0 aliphatic heterocycles. The van der Waals surface area contributed by atoms with Crippen LogP contribution in [-0.2, 0) is 4.57 Å². The fourth-order valence-electron chi connectivity index (χ4n) is 2.56. The van der Waals surface area contributed by atoms with Gasteiger partial charge in [-0.1, -0.05) is 11.6 Å². The predicted octanol–water partition coefficient (Wildman–Crippen LogP) is -3.81. The van der Waals surface area contributed by atoms with Gasteiger partial charge < -0.3 is 29.8 Å². The van der Waals surface area contributed by atoms with Gasteiger partial charge in [0.25, 0.3) is 0 Å². The summed E-state index contributed by atoms with van der Waals surface area (Å²) in [6.07, 6.45) is 3.14. The molecule has 2 aromatic heterocycles. The fraction of sp³-hybridized carbons (Fsp3) is 0.364. The summed E-state index contributed by atoms with van der Waals surface area (Å²) >= 11 is 0. The minimum absolute atomic E-state index is 0. The van der Waals surface area contributed by atoms with Crippen LogP contribution in [0.2, 0.25) is 0 Å².